The lowest BCUT2D eigenvalue weighted by molar-refractivity contribution is 0.0652. The first kappa shape index (κ1) is 17.0. The average Bonchev–Trinajstić information content (AvgIpc) is 3.36. The molecule has 5 rings (SSSR count). The number of carbonyl (C=O) groups is 1. The normalized spacial score (nSPS) is 20.9. The van der Waals surface area contributed by atoms with Crippen molar-refractivity contribution < 1.29 is 9.53 Å². The monoisotopic (exact) mass is 374 g/mol. The summed E-state index contributed by atoms with van der Waals surface area (Å²) in [5, 5.41) is 10.8. The summed E-state index contributed by atoms with van der Waals surface area (Å²) < 4.78 is 6.04. The second-order valence-electron chi connectivity index (χ2n) is 7.36. The minimum Gasteiger partial charge on any atom is -0.457 e. The van der Waals surface area contributed by atoms with E-state index in [0.29, 0.717) is 11.7 Å². The second-order valence-corrected chi connectivity index (χ2v) is 7.36. The van der Waals surface area contributed by atoms with Gasteiger partial charge in [0.15, 0.2) is 5.69 Å². The number of hydrogen-bond acceptors (Lipinski definition) is 4. The maximum Gasteiger partial charge on any atom is 0.274 e. The number of fused-ring (bicyclic) bond motifs is 2. The Morgan fingerprint density at radius 1 is 1.11 bits per heavy atom. The third-order valence-electron chi connectivity index (χ3n) is 5.56. The van der Waals surface area contributed by atoms with Crippen LogP contribution < -0.4 is 10.1 Å². The number of piperidine rings is 1. The molecule has 3 heterocycles. The van der Waals surface area contributed by atoms with Crippen LogP contribution in [-0.4, -0.2) is 46.2 Å². The number of aromatic nitrogens is 2. The van der Waals surface area contributed by atoms with Gasteiger partial charge in [0.1, 0.15) is 11.5 Å². The molecule has 3 aromatic rings. The third-order valence-corrected chi connectivity index (χ3v) is 5.56. The van der Waals surface area contributed by atoms with Gasteiger partial charge in [-0.3, -0.25) is 9.89 Å². The molecule has 2 aromatic carbocycles. The lowest BCUT2D eigenvalue weighted by atomic mass is 10.0. The molecular formula is C22H22N4O2. The van der Waals surface area contributed by atoms with Crippen LogP contribution in [0.1, 0.15) is 23.3 Å². The first-order valence-electron chi connectivity index (χ1n) is 9.70. The number of amides is 1. The molecule has 0 saturated carbocycles. The molecular weight excluding hydrogens is 352 g/mol. The largest absolute Gasteiger partial charge is 0.457 e. The summed E-state index contributed by atoms with van der Waals surface area (Å²) in [7, 11) is 0. The molecule has 2 aliphatic rings. The van der Waals surface area contributed by atoms with Gasteiger partial charge in [-0.05, 0) is 43.2 Å². The van der Waals surface area contributed by atoms with E-state index < -0.39 is 0 Å². The molecule has 1 aromatic heterocycles. The molecule has 0 radical (unpaired) electrons. The highest BCUT2D eigenvalue weighted by Crippen LogP contribution is 2.33. The Morgan fingerprint density at radius 3 is 2.82 bits per heavy atom. The minimum absolute atomic E-state index is 0.00360. The van der Waals surface area contributed by atoms with Crippen molar-refractivity contribution in [1.82, 2.24) is 20.4 Å². The molecule has 2 saturated heterocycles. The van der Waals surface area contributed by atoms with E-state index in [1.165, 1.54) is 0 Å². The summed E-state index contributed by atoms with van der Waals surface area (Å²) >= 11 is 0. The number of hydrogen-bond donors (Lipinski definition) is 2. The van der Waals surface area contributed by atoms with Gasteiger partial charge >= 0.3 is 0 Å². The number of rotatable bonds is 4. The zero-order valence-corrected chi connectivity index (χ0v) is 15.5. The Kier molecular flexibility index (Phi) is 4.33. The van der Waals surface area contributed by atoms with Crippen molar-refractivity contribution in [2.24, 2.45) is 0 Å². The zero-order chi connectivity index (χ0) is 18.9. The van der Waals surface area contributed by atoms with Crippen LogP contribution >= 0.6 is 0 Å². The van der Waals surface area contributed by atoms with E-state index in [1.807, 2.05) is 65.6 Å². The maximum absolute atomic E-state index is 13.0. The maximum atomic E-state index is 13.0. The number of nitrogens with one attached hydrogen (secondary N) is 2. The Labute approximate surface area is 163 Å². The molecule has 2 fully saturated rings. The predicted molar refractivity (Wildman–Crippen MR) is 106 cm³/mol. The van der Waals surface area contributed by atoms with Gasteiger partial charge in [0.2, 0.25) is 0 Å². The van der Waals surface area contributed by atoms with Gasteiger partial charge in [0.25, 0.3) is 5.91 Å². The Bertz CT molecular complexity index is 985. The Hall–Kier alpha value is -3.12. The van der Waals surface area contributed by atoms with E-state index in [2.05, 4.69) is 15.5 Å². The molecule has 2 bridgehead atoms. The first-order valence-corrected chi connectivity index (χ1v) is 9.70. The molecule has 142 valence electrons. The lowest BCUT2D eigenvalue weighted by Crippen LogP contribution is -2.44. The van der Waals surface area contributed by atoms with Crippen molar-refractivity contribution in [3.8, 4) is 22.8 Å². The molecule has 0 aliphatic carbocycles. The van der Waals surface area contributed by atoms with Crippen molar-refractivity contribution in [3.63, 3.8) is 0 Å². The quantitative estimate of drug-likeness (QED) is 0.734. The molecule has 2 atom stereocenters. The highest BCUT2D eigenvalue weighted by molar-refractivity contribution is 5.94. The number of H-pyrrole nitrogens is 1. The van der Waals surface area contributed by atoms with E-state index in [0.717, 1.165) is 48.7 Å². The van der Waals surface area contributed by atoms with Crippen molar-refractivity contribution in [3.05, 3.63) is 66.4 Å². The topological polar surface area (TPSA) is 70.2 Å². The fourth-order valence-corrected chi connectivity index (χ4v) is 4.11. The van der Waals surface area contributed by atoms with Crippen LogP contribution in [0.3, 0.4) is 0 Å². The summed E-state index contributed by atoms with van der Waals surface area (Å²) in [6.07, 6.45) is 2.05. The smallest absolute Gasteiger partial charge is 0.274 e. The average molecular weight is 374 g/mol. The molecule has 6 nitrogen and oxygen atoms in total. The van der Waals surface area contributed by atoms with Gasteiger partial charge in [-0.15, -0.1) is 0 Å². The Morgan fingerprint density at radius 2 is 1.93 bits per heavy atom. The summed E-state index contributed by atoms with van der Waals surface area (Å²) in [5.74, 6) is 1.48. The van der Waals surface area contributed by atoms with Crippen LogP contribution in [-0.2, 0) is 0 Å². The SMILES string of the molecule is O=C(c1cc(-c2ccccc2Oc2ccccc2)[nH]n1)N1CCC2CC1CN2. The molecule has 2 aliphatic heterocycles. The van der Waals surface area contributed by atoms with Crippen LogP contribution in [0.15, 0.2) is 60.7 Å². The van der Waals surface area contributed by atoms with Crippen LogP contribution in [0.25, 0.3) is 11.3 Å². The van der Waals surface area contributed by atoms with Gasteiger partial charge in [0.05, 0.1) is 5.69 Å². The zero-order valence-electron chi connectivity index (χ0n) is 15.5. The van der Waals surface area contributed by atoms with Crippen LogP contribution in [0.4, 0.5) is 0 Å². The Balaban J connectivity index is 1.40. The van der Waals surface area contributed by atoms with Crippen molar-refractivity contribution in [2.75, 3.05) is 13.1 Å². The van der Waals surface area contributed by atoms with Crippen molar-refractivity contribution in [2.45, 2.75) is 24.9 Å². The molecule has 2 N–H and O–H groups in total. The molecule has 2 unspecified atom stereocenters. The number of carbonyl (C=O) groups excluding carboxylic acids is 1. The summed E-state index contributed by atoms with van der Waals surface area (Å²) in [6.45, 7) is 1.67. The number of benzene rings is 2. The number of ether oxygens (including phenoxy) is 1. The molecule has 0 spiro atoms. The molecule has 6 heteroatoms. The van der Waals surface area contributed by atoms with Gasteiger partial charge in [0, 0.05) is 30.7 Å². The standard InChI is InChI=1S/C22H22N4O2/c27-22(26-11-10-15-12-16(26)14-23-15)20-13-19(24-25-20)18-8-4-5-9-21(18)28-17-6-2-1-3-7-17/h1-9,13,15-16,23H,10-12,14H2,(H,24,25). The highest BCUT2D eigenvalue weighted by Gasteiger charge is 2.37. The number of nitrogens with zero attached hydrogens (tertiary/aromatic N) is 2. The van der Waals surface area contributed by atoms with Gasteiger partial charge in [-0.2, -0.15) is 5.10 Å². The summed E-state index contributed by atoms with van der Waals surface area (Å²) in [5.41, 5.74) is 2.10. The van der Waals surface area contributed by atoms with Crippen LogP contribution in [0.2, 0.25) is 0 Å². The summed E-state index contributed by atoms with van der Waals surface area (Å²) in [6, 6.07) is 20.1. The lowest BCUT2D eigenvalue weighted by Gasteiger charge is -2.31. The predicted octanol–water partition coefficient (Wildman–Crippen LogP) is 3.45. The van der Waals surface area contributed by atoms with E-state index in [4.69, 9.17) is 4.74 Å². The fourth-order valence-electron chi connectivity index (χ4n) is 4.11. The summed E-state index contributed by atoms with van der Waals surface area (Å²) in [4.78, 5) is 15.0. The minimum atomic E-state index is -0.00360. The molecule has 28 heavy (non-hydrogen) atoms. The van der Waals surface area contributed by atoms with Gasteiger partial charge in [-0.1, -0.05) is 30.3 Å². The number of aromatic amines is 1. The van der Waals surface area contributed by atoms with Crippen LogP contribution in [0.5, 0.6) is 11.5 Å². The number of likely N-dealkylation sites (tertiary alicyclic amines) is 1. The van der Waals surface area contributed by atoms with Gasteiger partial charge < -0.3 is 15.0 Å². The third kappa shape index (κ3) is 3.16. The van der Waals surface area contributed by atoms with E-state index >= 15 is 0 Å². The van der Waals surface area contributed by atoms with Crippen molar-refractivity contribution in [1.29, 1.82) is 0 Å². The van der Waals surface area contributed by atoms with E-state index in [9.17, 15) is 4.79 Å². The van der Waals surface area contributed by atoms with Crippen LogP contribution in [0, 0.1) is 0 Å². The first-order chi connectivity index (χ1) is 13.8. The van der Waals surface area contributed by atoms with E-state index in [1.54, 1.807) is 0 Å². The fraction of sp³-hybridized carbons (Fsp3) is 0.273. The molecule has 1 amide bonds. The van der Waals surface area contributed by atoms with E-state index in [-0.39, 0.29) is 11.9 Å². The van der Waals surface area contributed by atoms with Gasteiger partial charge in [-0.25, -0.2) is 0 Å². The number of para-hydroxylation sites is 2. The second kappa shape index (κ2) is 7.13. The highest BCUT2D eigenvalue weighted by atomic mass is 16.5. The van der Waals surface area contributed by atoms with Crippen molar-refractivity contribution >= 4 is 5.91 Å².